The highest BCUT2D eigenvalue weighted by Gasteiger charge is 2.13. The number of hydrogen-bond acceptors (Lipinski definition) is 3. The number of nitrogens with zero attached hydrogens (tertiary/aromatic N) is 2. The van der Waals surface area contributed by atoms with E-state index in [1.165, 1.54) is 0 Å². The third kappa shape index (κ3) is 3.10. The number of benzene rings is 1. The van der Waals surface area contributed by atoms with Crippen LogP contribution in [0.15, 0.2) is 18.2 Å². The van der Waals surface area contributed by atoms with Gasteiger partial charge in [0.15, 0.2) is 0 Å². The van der Waals surface area contributed by atoms with Crippen molar-refractivity contribution in [2.75, 3.05) is 0 Å². The van der Waals surface area contributed by atoms with E-state index in [-0.39, 0.29) is 17.7 Å². The van der Waals surface area contributed by atoms with Crippen molar-refractivity contribution in [1.82, 2.24) is 20.4 Å². The van der Waals surface area contributed by atoms with Crippen LogP contribution < -0.4 is 10.9 Å². The van der Waals surface area contributed by atoms with Crippen molar-refractivity contribution in [3.8, 4) is 0 Å². The Morgan fingerprint density at radius 1 is 1.27 bits per heavy atom. The molecule has 0 aliphatic rings. The Labute approximate surface area is 129 Å². The minimum atomic E-state index is -0.345. The zero-order valence-corrected chi connectivity index (χ0v) is 13.4. The number of aryl methyl sites for hydroxylation is 2. The van der Waals surface area contributed by atoms with Crippen LogP contribution in [0.4, 0.5) is 0 Å². The van der Waals surface area contributed by atoms with Gasteiger partial charge in [0.05, 0.1) is 11.0 Å². The number of nitrogens with one attached hydrogen (secondary N) is 2. The molecule has 0 saturated carbocycles. The minimum Gasteiger partial charge on any atom is -0.329 e. The molecule has 0 spiro atoms. The summed E-state index contributed by atoms with van der Waals surface area (Å²) < 4.78 is 2.09. The van der Waals surface area contributed by atoms with Crippen molar-refractivity contribution in [3.63, 3.8) is 0 Å². The van der Waals surface area contributed by atoms with Crippen molar-refractivity contribution >= 4 is 22.8 Å². The lowest BCUT2D eigenvalue weighted by Crippen LogP contribution is -2.43. The Kier molecular flexibility index (Phi) is 4.80. The molecule has 0 saturated heterocycles. The van der Waals surface area contributed by atoms with Gasteiger partial charge in [-0.25, -0.2) is 4.98 Å². The lowest BCUT2D eigenvalue weighted by molar-refractivity contribution is -0.125. The van der Waals surface area contributed by atoms with E-state index in [1.807, 2.05) is 26.8 Å². The normalized spacial score (nSPS) is 12.2. The van der Waals surface area contributed by atoms with E-state index in [0.29, 0.717) is 5.56 Å². The van der Waals surface area contributed by atoms with Crippen LogP contribution in [-0.4, -0.2) is 21.4 Å². The second-order valence-electron chi connectivity index (χ2n) is 5.36. The van der Waals surface area contributed by atoms with Crippen LogP contribution in [0, 0.1) is 12.8 Å². The average molecular weight is 302 g/mol. The molecule has 1 atom stereocenters. The van der Waals surface area contributed by atoms with Crippen molar-refractivity contribution in [2.24, 2.45) is 5.92 Å². The Balaban J connectivity index is 2.14. The second kappa shape index (κ2) is 6.60. The van der Waals surface area contributed by atoms with Gasteiger partial charge in [0, 0.05) is 18.0 Å². The van der Waals surface area contributed by atoms with Gasteiger partial charge >= 0.3 is 0 Å². The highest BCUT2D eigenvalue weighted by atomic mass is 16.2. The molecule has 0 fully saturated rings. The van der Waals surface area contributed by atoms with Crippen molar-refractivity contribution in [2.45, 2.75) is 40.7 Å². The van der Waals surface area contributed by atoms with Crippen LogP contribution in [-0.2, 0) is 11.3 Å². The summed E-state index contributed by atoms with van der Waals surface area (Å²) in [7, 11) is 0. The molecule has 1 heterocycles. The second-order valence-corrected chi connectivity index (χ2v) is 5.36. The number of carbonyl (C=O) groups excluding carboxylic acids is 2. The van der Waals surface area contributed by atoms with Crippen molar-refractivity contribution in [1.29, 1.82) is 0 Å². The van der Waals surface area contributed by atoms with Crippen molar-refractivity contribution in [3.05, 3.63) is 29.6 Å². The van der Waals surface area contributed by atoms with Gasteiger partial charge in [-0.3, -0.25) is 20.4 Å². The molecule has 2 N–H and O–H groups in total. The fraction of sp³-hybridized carbons (Fsp3) is 0.438. The smallest absolute Gasteiger partial charge is 0.269 e. The summed E-state index contributed by atoms with van der Waals surface area (Å²) in [6.07, 6.45) is 0.724. The largest absolute Gasteiger partial charge is 0.329 e. The molecule has 2 amide bonds. The van der Waals surface area contributed by atoms with Crippen LogP contribution in [0.3, 0.4) is 0 Å². The average Bonchev–Trinajstić information content (AvgIpc) is 2.85. The van der Waals surface area contributed by atoms with Gasteiger partial charge in [-0.05, 0) is 38.5 Å². The number of imidazole rings is 1. The molecule has 2 aromatic rings. The third-order valence-corrected chi connectivity index (χ3v) is 3.88. The Morgan fingerprint density at radius 2 is 2.00 bits per heavy atom. The summed E-state index contributed by atoms with van der Waals surface area (Å²) in [5, 5.41) is 0. The number of hydrogen-bond donors (Lipinski definition) is 2. The van der Waals surface area contributed by atoms with E-state index in [0.717, 1.165) is 29.8 Å². The van der Waals surface area contributed by atoms with Crippen LogP contribution in [0.5, 0.6) is 0 Å². The number of hydrazine groups is 1. The molecule has 0 bridgehead atoms. The number of rotatable bonds is 4. The van der Waals surface area contributed by atoms with E-state index >= 15 is 0 Å². The maximum Gasteiger partial charge on any atom is 0.269 e. The third-order valence-electron chi connectivity index (χ3n) is 3.88. The van der Waals surface area contributed by atoms with Gasteiger partial charge in [-0.1, -0.05) is 13.8 Å². The first-order valence-corrected chi connectivity index (χ1v) is 7.55. The summed E-state index contributed by atoms with van der Waals surface area (Å²) in [5.74, 6) is 0.246. The van der Waals surface area contributed by atoms with Gasteiger partial charge in [-0.15, -0.1) is 0 Å². The molecule has 6 heteroatoms. The van der Waals surface area contributed by atoms with Crippen LogP contribution in [0.2, 0.25) is 0 Å². The first-order valence-electron chi connectivity index (χ1n) is 7.55. The SMILES string of the molecule is CCC(C)C(=O)NNC(=O)c1ccc2c(c1)nc(C)n2CC. The highest BCUT2D eigenvalue weighted by Crippen LogP contribution is 2.17. The number of aromatic nitrogens is 2. The van der Waals surface area contributed by atoms with Gasteiger partial charge < -0.3 is 4.57 Å². The lowest BCUT2D eigenvalue weighted by Gasteiger charge is -2.11. The molecule has 118 valence electrons. The Morgan fingerprint density at radius 3 is 2.64 bits per heavy atom. The summed E-state index contributed by atoms with van der Waals surface area (Å²) in [5.41, 5.74) is 7.13. The topological polar surface area (TPSA) is 76.0 Å². The maximum absolute atomic E-state index is 12.1. The monoisotopic (exact) mass is 302 g/mol. The van der Waals surface area contributed by atoms with Gasteiger partial charge in [0.2, 0.25) is 5.91 Å². The molecule has 22 heavy (non-hydrogen) atoms. The van der Waals surface area contributed by atoms with E-state index < -0.39 is 0 Å². The number of amides is 2. The van der Waals surface area contributed by atoms with Gasteiger partial charge in [0.1, 0.15) is 5.82 Å². The summed E-state index contributed by atoms with van der Waals surface area (Å²) in [6.45, 7) is 8.56. The van der Waals surface area contributed by atoms with Gasteiger partial charge in [-0.2, -0.15) is 0 Å². The van der Waals surface area contributed by atoms with Crippen LogP contribution >= 0.6 is 0 Å². The summed E-state index contributed by atoms with van der Waals surface area (Å²) >= 11 is 0. The molecule has 6 nitrogen and oxygen atoms in total. The Bertz CT molecular complexity index is 705. The molecule has 1 aromatic heterocycles. The minimum absolute atomic E-state index is 0.134. The first kappa shape index (κ1) is 16.0. The zero-order valence-electron chi connectivity index (χ0n) is 13.4. The summed E-state index contributed by atoms with van der Waals surface area (Å²) in [4.78, 5) is 28.2. The molecule has 1 unspecified atom stereocenters. The van der Waals surface area contributed by atoms with E-state index in [2.05, 4.69) is 27.3 Å². The molecule has 0 aliphatic heterocycles. The molecule has 2 rings (SSSR count). The predicted molar refractivity (Wildman–Crippen MR) is 85.2 cm³/mol. The fourth-order valence-electron chi connectivity index (χ4n) is 2.29. The molecular formula is C16H22N4O2. The number of fused-ring (bicyclic) bond motifs is 1. The van der Waals surface area contributed by atoms with E-state index in [4.69, 9.17) is 0 Å². The first-order chi connectivity index (χ1) is 10.5. The quantitative estimate of drug-likeness (QED) is 0.850. The predicted octanol–water partition coefficient (Wildman–Crippen LogP) is 2.17. The standard InChI is InChI=1S/C16H22N4O2/c1-5-10(3)15(21)18-19-16(22)12-7-8-14-13(9-12)17-11(4)20(14)6-2/h7-10H,5-6H2,1-4H3,(H,18,21)(H,19,22). The van der Waals surface area contributed by atoms with Gasteiger partial charge in [0.25, 0.3) is 5.91 Å². The lowest BCUT2D eigenvalue weighted by atomic mass is 10.1. The maximum atomic E-state index is 12.1. The molecule has 1 aromatic carbocycles. The van der Waals surface area contributed by atoms with Crippen LogP contribution in [0.25, 0.3) is 11.0 Å². The molecular weight excluding hydrogens is 280 g/mol. The molecule has 0 radical (unpaired) electrons. The zero-order chi connectivity index (χ0) is 16.3. The van der Waals surface area contributed by atoms with E-state index in [9.17, 15) is 9.59 Å². The van der Waals surface area contributed by atoms with Crippen LogP contribution in [0.1, 0.15) is 43.4 Å². The molecule has 0 aliphatic carbocycles. The fourth-order valence-corrected chi connectivity index (χ4v) is 2.29. The van der Waals surface area contributed by atoms with E-state index in [1.54, 1.807) is 12.1 Å². The van der Waals surface area contributed by atoms with Crippen molar-refractivity contribution < 1.29 is 9.59 Å². The Hall–Kier alpha value is -2.37. The summed E-state index contributed by atoms with van der Waals surface area (Å²) in [6, 6.07) is 5.35. The highest BCUT2D eigenvalue weighted by molar-refractivity contribution is 5.98. The number of carbonyl (C=O) groups is 2.